The number of carbonyl (C=O) groups is 2. The highest BCUT2D eigenvalue weighted by atomic mass is 16.2. The van der Waals surface area contributed by atoms with E-state index in [1.807, 2.05) is 9.80 Å². The fourth-order valence-electron chi connectivity index (χ4n) is 4.66. The minimum absolute atomic E-state index is 0.295. The van der Waals surface area contributed by atoms with Crippen molar-refractivity contribution in [3.05, 3.63) is 0 Å². The number of piperidine rings is 1. The molecule has 2 aliphatic heterocycles. The first-order chi connectivity index (χ1) is 12.2. The smallest absolute Gasteiger partial charge is 0.222 e. The summed E-state index contributed by atoms with van der Waals surface area (Å²) in [4.78, 5) is 29.1. The van der Waals surface area contributed by atoms with Crippen molar-refractivity contribution in [2.45, 2.75) is 64.2 Å². The number of amides is 2. The van der Waals surface area contributed by atoms with Crippen LogP contribution in [0.3, 0.4) is 0 Å². The number of hydrogen-bond donors (Lipinski definition) is 1. The summed E-state index contributed by atoms with van der Waals surface area (Å²) in [5.41, 5.74) is 0. The lowest BCUT2D eigenvalue weighted by Crippen LogP contribution is -2.38. The van der Waals surface area contributed by atoms with Crippen LogP contribution in [0.4, 0.5) is 0 Å². The van der Waals surface area contributed by atoms with Gasteiger partial charge in [0.2, 0.25) is 11.8 Å². The topological polar surface area (TPSA) is 52.7 Å². The van der Waals surface area contributed by atoms with Crippen molar-refractivity contribution in [2.75, 3.05) is 39.3 Å². The van der Waals surface area contributed by atoms with Gasteiger partial charge in [0, 0.05) is 39.0 Å². The van der Waals surface area contributed by atoms with E-state index in [-0.39, 0.29) is 0 Å². The summed E-state index contributed by atoms with van der Waals surface area (Å²) in [6, 6.07) is 0. The first-order valence-corrected chi connectivity index (χ1v) is 10.5. The molecule has 5 heteroatoms. The fourth-order valence-corrected chi connectivity index (χ4v) is 4.66. The number of nitrogens with one attached hydrogen (secondary N) is 1. The van der Waals surface area contributed by atoms with Crippen LogP contribution in [-0.4, -0.2) is 60.9 Å². The standard InChI is InChI=1S/C20H35N3O2/c24-19(7-6-17-8-10-21-11-9-17)22-12-3-13-23(15-14-22)20(25)16-18-4-1-2-5-18/h17-18,21H,1-16H2. The molecule has 0 aromatic rings. The molecule has 3 rings (SSSR count). The molecule has 0 atom stereocenters. The third-order valence-electron chi connectivity index (χ3n) is 6.36. The third kappa shape index (κ3) is 5.70. The molecule has 2 saturated heterocycles. The summed E-state index contributed by atoms with van der Waals surface area (Å²) in [5.74, 6) is 1.93. The fraction of sp³-hybridized carbons (Fsp3) is 0.900. The van der Waals surface area contributed by atoms with Gasteiger partial charge in [-0.15, -0.1) is 0 Å². The Hall–Kier alpha value is -1.10. The lowest BCUT2D eigenvalue weighted by Gasteiger charge is -2.25. The molecule has 3 fully saturated rings. The monoisotopic (exact) mass is 349 g/mol. The molecule has 1 saturated carbocycles. The van der Waals surface area contributed by atoms with E-state index in [0.29, 0.717) is 30.1 Å². The van der Waals surface area contributed by atoms with Crippen LogP contribution >= 0.6 is 0 Å². The molecule has 2 heterocycles. The van der Waals surface area contributed by atoms with E-state index in [1.54, 1.807) is 0 Å². The van der Waals surface area contributed by atoms with Crippen molar-refractivity contribution >= 4 is 11.8 Å². The van der Waals surface area contributed by atoms with E-state index in [4.69, 9.17) is 0 Å². The summed E-state index contributed by atoms with van der Waals surface area (Å²) in [6.45, 7) is 5.29. The van der Waals surface area contributed by atoms with E-state index >= 15 is 0 Å². The summed E-state index contributed by atoms with van der Waals surface area (Å²) < 4.78 is 0. The molecular formula is C20H35N3O2. The van der Waals surface area contributed by atoms with Gasteiger partial charge in [-0.25, -0.2) is 0 Å². The molecule has 0 spiro atoms. The van der Waals surface area contributed by atoms with Gasteiger partial charge < -0.3 is 15.1 Å². The minimum Gasteiger partial charge on any atom is -0.341 e. The minimum atomic E-state index is 0.295. The highest BCUT2D eigenvalue weighted by Crippen LogP contribution is 2.28. The van der Waals surface area contributed by atoms with E-state index in [0.717, 1.165) is 58.5 Å². The second-order valence-corrected chi connectivity index (χ2v) is 8.20. The molecular weight excluding hydrogens is 314 g/mol. The molecule has 0 aromatic carbocycles. The van der Waals surface area contributed by atoms with Crippen LogP contribution in [0.1, 0.15) is 64.2 Å². The van der Waals surface area contributed by atoms with Crippen molar-refractivity contribution < 1.29 is 9.59 Å². The molecule has 0 aromatic heterocycles. The lowest BCUT2D eigenvalue weighted by molar-refractivity contribution is -0.134. The quantitative estimate of drug-likeness (QED) is 0.829. The van der Waals surface area contributed by atoms with Gasteiger partial charge in [0.1, 0.15) is 0 Å². The number of hydrogen-bond acceptors (Lipinski definition) is 3. The van der Waals surface area contributed by atoms with Gasteiger partial charge in [-0.3, -0.25) is 9.59 Å². The van der Waals surface area contributed by atoms with E-state index in [1.165, 1.54) is 38.5 Å². The second kappa shape index (κ2) is 9.56. The van der Waals surface area contributed by atoms with Gasteiger partial charge >= 0.3 is 0 Å². The molecule has 2 amide bonds. The molecule has 1 N–H and O–H groups in total. The Balaban J connectivity index is 1.39. The van der Waals surface area contributed by atoms with Crippen molar-refractivity contribution in [2.24, 2.45) is 11.8 Å². The summed E-state index contributed by atoms with van der Waals surface area (Å²) >= 11 is 0. The molecule has 25 heavy (non-hydrogen) atoms. The molecule has 5 nitrogen and oxygen atoms in total. The number of nitrogens with zero attached hydrogens (tertiary/aromatic N) is 2. The van der Waals surface area contributed by atoms with Gasteiger partial charge in [0.05, 0.1) is 0 Å². The van der Waals surface area contributed by atoms with Gasteiger partial charge in [-0.2, -0.15) is 0 Å². The van der Waals surface area contributed by atoms with Crippen molar-refractivity contribution in [1.29, 1.82) is 0 Å². The van der Waals surface area contributed by atoms with E-state index in [2.05, 4.69) is 5.32 Å². The predicted molar refractivity (Wildman–Crippen MR) is 99.2 cm³/mol. The van der Waals surface area contributed by atoms with Crippen LogP contribution in [-0.2, 0) is 9.59 Å². The maximum atomic E-state index is 12.6. The Bertz CT molecular complexity index is 442. The Morgan fingerprint density at radius 2 is 1.40 bits per heavy atom. The SMILES string of the molecule is O=C(CCC1CCNCC1)N1CCCN(C(=O)CC2CCCC2)CC1. The van der Waals surface area contributed by atoms with Gasteiger partial charge in [0.15, 0.2) is 0 Å². The highest BCUT2D eigenvalue weighted by molar-refractivity contribution is 5.78. The maximum absolute atomic E-state index is 12.6. The van der Waals surface area contributed by atoms with E-state index in [9.17, 15) is 9.59 Å². The Morgan fingerprint density at radius 3 is 2.08 bits per heavy atom. The van der Waals surface area contributed by atoms with Gasteiger partial charge in [-0.05, 0) is 63.5 Å². The molecule has 3 aliphatic rings. The Kier molecular flexibility index (Phi) is 7.14. The Morgan fingerprint density at radius 1 is 0.760 bits per heavy atom. The van der Waals surface area contributed by atoms with Crippen LogP contribution in [0.15, 0.2) is 0 Å². The zero-order chi connectivity index (χ0) is 17.5. The van der Waals surface area contributed by atoms with Crippen molar-refractivity contribution in [3.63, 3.8) is 0 Å². The normalized spacial score (nSPS) is 23.7. The van der Waals surface area contributed by atoms with Crippen molar-refractivity contribution in [3.8, 4) is 0 Å². The average Bonchev–Trinajstić information content (AvgIpc) is 3.01. The molecule has 1 aliphatic carbocycles. The number of carbonyl (C=O) groups excluding carboxylic acids is 2. The number of rotatable bonds is 5. The summed E-state index contributed by atoms with van der Waals surface area (Å²) in [6.07, 6.45) is 10.8. The average molecular weight is 350 g/mol. The first kappa shape index (κ1) is 18.7. The van der Waals surface area contributed by atoms with E-state index < -0.39 is 0 Å². The molecule has 142 valence electrons. The van der Waals surface area contributed by atoms with Gasteiger partial charge in [-0.1, -0.05) is 12.8 Å². The third-order valence-corrected chi connectivity index (χ3v) is 6.36. The molecule has 0 unspecified atom stereocenters. The summed E-state index contributed by atoms with van der Waals surface area (Å²) in [7, 11) is 0. The second-order valence-electron chi connectivity index (χ2n) is 8.20. The van der Waals surface area contributed by atoms with Crippen LogP contribution in [0.25, 0.3) is 0 Å². The molecule has 0 bridgehead atoms. The van der Waals surface area contributed by atoms with Crippen LogP contribution < -0.4 is 5.32 Å². The lowest BCUT2D eigenvalue weighted by atomic mass is 9.93. The van der Waals surface area contributed by atoms with Crippen LogP contribution in [0.2, 0.25) is 0 Å². The zero-order valence-corrected chi connectivity index (χ0v) is 15.7. The Labute approximate surface area is 152 Å². The van der Waals surface area contributed by atoms with Crippen LogP contribution in [0.5, 0.6) is 0 Å². The first-order valence-electron chi connectivity index (χ1n) is 10.5. The van der Waals surface area contributed by atoms with Crippen molar-refractivity contribution in [1.82, 2.24) is 15.1 Å². The predicted octanol–water partition coefficient (Wildman–Crippen LogP) is 2.41. The largest absolute Gasteiger partial charge is 0.341 e. The molecule has 0 radical (unpaired) electrons. The van der Waals surface area contributed by atoms with Crippen LogP contribution in [0, 0.1) is 11.8 Å². The van der Waals surface area contributed by atoms with Gasteiger partial charge in [0.25, 0.3) is 0 Å². The summed E-state index contributed by atoms with van der Waals surface area (Å²) in [5, 5.41) is 3.38. The zero-order valence-electron chi connectivity index (χ0n) is 15.7. The maximum Gasteiger partial charge on any atom is 0.222 e. The highest BCUT2D eigenvalue weighted by Gasteiger charge is 2.25.